The van der Waals surface area contributed by atoms with E-state index < -0.39 is 0 Å². The summed E-state index contributed by atoms with van der Waals surface area (Å²) in [7, 11) is 0. The number of hydrogen-bond acceptors (Lipinski definition) is 4. The summed E-state index contributed by atoms with van der Waals surface area (Å²) in [5, 5.41) is 8.06. The number of amidine groups is 2. The van der Waals surface area contributed by atoms with E-state index in [1.165, 1.54) is 0 Å². The number of nitrogens with one attached hydrogen (secondary N) is 1. The van der Waals surface area contributed by atoms with E-state index in [-0.39, 0.29) is 6.17 Å². The average molecular weight is 643 g/mol. The second-order valence-electron chi connectivity index (χ2n) is 12.7. The molecule has 236 valence electrons. The van der Waals surface area contributed by atoms with Gasteiger partial charge < -0.3 is 14.3 Å². The summed E-state index contributed by atoms with van der Waals surface area (Å²) < 4.78 is 8.95. The van der Waals surface area contributed by atoms with Gasteiger partial charge in [0.05, 0.1) is 16.4 Å². The average Bonchev–Trinajstić information content (AvgIpc) is 3.74. The smallest absolute Gasteiger partial charge is 0.159 e. The minimum absolute atomic E-state index is 0.255. The van der Waals surface area contributed by atoms with Crippen LogP contribution in [0.3, 0.4) is 0 Å². The van der Waals surface area contributed by atoms with Crippen LogP contribution >= 0.6 is 0 Å². The van der Waals surface area contributed by atoms with E-state index in [1.807, 2.05) is 48.5 Å². The highest BCUT2D eigenvalue weighted by Gasteiger charge is 2.22. The summed E-state index contributed by atoms with van der Waals surface area (Å²) in [5.41, 5.74) is 10.4. The highest BCUT2D eigenvalue weighted by molar-refractivity contribution is 6.24. The molecular weight excluding hydrogens is 613 g/mol. The molecule has 1 atom stereocenters. The van der Waals surface area contributed by atoms with Crippen LogP contribution in [0.5, 0.6) is 0 Å². The minimum Gasteiger partial charge on any atom is -0.455 e. The van der Waals surface area contributed by atoms with Crippen molar-refractivity contribution in [2.45, 2.75) is 6.17 Å². The maximum Gasteiger partial charge on any atom is 0.159 e. The van der Waals surface area contributed by atoms with Crippen molar-refractivity contribution in [3.05, 3.63) is 187 Å². The Morgan fingerprint density at radius 1 is 0.520 bits per heavy atom. The van der Waals surface area contributed by atoms with Crippen LogP contribution in [0.1, 0.15) is 22.9 Å². The van der Waals surface area contributed by atoms with Crippen molar-refractivity contribution in [1.29, 1.82) is 0 Å². The highest BCUT2D eigenvalue weighted by atomic mass is 16.3. The van der Waals surface area contributed by atoms with Crippen LogP contribution in [-0.4, -0.2) is 16.2 Å². The molecule has 0 radical (unpaired) electrons. The molecule has 50 heavy (non-hydrogen) atoms. The van der Waals surface area contributed by atoms with E-state index in [0.29, 0.717) is 5.84 Å². The third-order valence-corrected chi connectivity index (χ3v) is 9.65. The Labute approximate surface area is 288 Å². The third-order valence-electron chi connectivity index (χ3n) is 9.65. The molecular formula is C45H30N4O. The third kappa shape index (κ3) is 4.63. The number of benzene rings is 7. The monoisotopic (exact) mass is 642 g/mol. The van der Waals surface area contributed by atoms with Crippen molar-refractivity contribution in [2.24, 2.45) is 9.98 Å². The van der Waals surface area contributed by atoms with Gasteiger partial charge in [-0.1, -0.05) is 121 Å². The lowest BCUT2D eigenvalue weighted by Gasteiger charge is -2.23. The van der Waals surface area contributed by atoms with Gasteiger partial charge in [0, 0.05) is 33.0 Å². The molecule has 0 fully saturated rings. The number of hydrogen-bond donors (Lipinski definition) is 1. The van der Waals surface area contributed by atoms with Crippen LogP contribution in [0.25, 0.3) is 60.6 Å². The van der Waals surface area contributed by atoms with Gasteiger partial charge in [0.1, 0.15) is 23.2 Å². The molecule has 3 heterocycles. The maximum absolute atomic E-state index is 6.61. The Morgan fingerprint density at radius 2 is 1.20 bits per heavy atom. The van der Waals surface area contributed by atoms with Crippen LogP contribution in [0.4, 0.5) is 0 Å². The fourth-order valence-electron chi connectivity index (χ4n) is 7.29. The molecule has 0 aliphatic carbocycles. The fraction of sp³-hybridized carbons (Fsp3) is 0.0222. The number of nitrogens with zero attached hydrogens (tertiary/aromatic N) is 3. The Balaban J connectivity index is 1.15. The van der Waals surface area contributed by atoms with Crippen molar-refractivity contribution >= 4 is 55.4 Å². The first kappa shape index (κ1) is 28.3. The zero-order chi connectivity index (χ0) is 33.0. The second-order valence-corrected chi connectivity index (χ2v) is 12.7. The molecule has 0 saturated heterocycles. The molecule has 0 amide bonds. The van der Waals surface area contributed by atoms with E-state index in [9.17, 15) is 0 Å². The lowest BCUT2D eigenvalue weighted by molar-refractivity contribution is 0.673. The molecule has 9 aromatic rings. The Hall–Kier alpha value is -6.72. The molecule has 0 bridgehead atoms. The van der Waals surface area contributed by atoms with E-state index in [4.69, 9.17) is 14.4 Å². The van der Waals surface area contributed by atoms with E-state index in [1.54, 1.807) is 0 Å². The van der Waals surface area contributed by atoms with Gasteiger partial charge in [-0.05, 0) is 65.2 Å². The number of fused-ring (bicyclic) bond motifs is 7. The van der Waals surface area contributed by atoms with Crippen molar-refractivity contribution in [2.75, 3.05) is 0 Å². The number of para-hydroxylation sites is 2. The largest absolute Gasteiger partial charge is 0.455 e. The SMILES string of the molecule is c1ccc(C2=NC(c3cccc(-c4ccc5c(c4)c4c6oc7ccccc7c6ccc4n5-c4ccccc4)c3)=NC(c3ccccc3)N2)cc1. The lowest BCUT2D eigenvalue weighted by atomic mass is 9.99. The molecule has 7 aromatic carbocycles. The van der Waals surface area contributed by atoms with Crippen LogP contribution < -0.4 is 5.32 Å². The summed E-state index contributed by atoms with van der Waals surface area (Å²) in [5.74, 6) is 1.50. The Bertz CT molecular complexity index is 2780. The van der Waals surface area contributed by atoms with Gasteiger partial charge in [-0.2, -0.15) is 0 Å². The highest BCUT2D eigenvalue weighted by Crippen LogP contribution is 2.41. The summed E-state index contributed by atoms with van der Waals surface area (Å²) in [4.78, 5) is 10.2. The van der Waals surface area contributed by atoms with Gasteiger partial charge in [-0.15, -0.1) is 0 Å². The fourth-order valence-corrected chi connectivity index (χ4v) is 7.29. The van der Waals surface area contributed by atoms with Crippen LogP contribution in [0, 0.1) is 0 Å². The quantitative estimate of drug-likeness (QED) is 0.203. The van der Waals surface area contributed by atoms with Gasteiger partial charge in [0.2, 0.25) is 0 Å². The van der Waals surface area contributed by atoms with Crippen molar-refractivity contribution in [3.8, 4) is 16.8 Å². The Morgan fingerprint density at radius 3 is 2.04 bits per heavy atom. The normalized spacial score (nSPS) is 14.6. The van der Waals surface area contributed by atoms with Crippen molar-refractivity contribution < 1.29 is 4.42 Å². The summed E-state index contributed by atoms with van der Waals surface area (Å²) in [6, 6.07) is 59.1. The van der Waals surface area contributed by atoms with Gasteiger partial charge in [0.15, 0.2) is 5.84 Å². The number of aromatic nitrogens is 1. The predicted octanol–water partition coefficient (Wildman–Crippen LogP) is 10.8. The van der Waals surface area contributed by atoms with Crippen LogP contribution in [-0.2, 0) is 0 Å². The van der Waals surface area contributed by atoms with Gasteiger partial charge in [-0.25, -0.2) is 9.98 Å². The zero-order valence-electron chi connectivity index (χ0n) is 27.0. The first-order valence-electron chi connectivity index (χ1n) is 16.9. The predicted molar refractivity (Wildman–Crippen MR) is 205 cm³/mol. The first-order valence-corrected chi connectivity index (χ1v) is 16.9. The minimum atomic E-state index is -0.255. The topological polar surface area (TPSA) is 54.8 Å². The first-order chi connectivity index (χ1) is 24.8. The van der Waals surface area contributed by atoms with Crippen molar-refractivity contribution in [3.63, 3.8) is 0 Å². The molecule has 1 unspecified atom stereocenters. The molecule has 1 N–H and O–H groups in total. The van der Waals surface area contributed by atoms with Gasteiger partial charge >= 0.3 is 0 Å². The molecule has 10 rings (SSSR count). The molecule has 5 heteroatoms. The molecule has 5 nitrogen and oxygen atoms in total. The summed E-state index contributed by atoms with van der Waals surface area (Å²) in [6.07, 6.45) is -0.255. The number of furan rings is 1. The van der Waals surface area contributed by atoms with Gasteiger partial charge in [0.25, 0.3) is 0 Å². The van der Waals surface area contributed by atoms with Crippen molar-refractivity contribution in [1.82, 2.24) is 9.88 Å². The standard InChI is InChI=1S/C45H30N4O/c1-4-13-29(14-5-1)43-46-44(30-15-6-2-7-16-30)48-45(47-43)33-18-12-17-31(27-33)32-23-25-38-37(28-32)41-39(49(38)34-19-8-3-9-20-34)26-24-36-35-21-10-11-22-40(35)50-42(36)41/h1-28,43H,(H,46,47,48). The summed E-state index contributed by atoms with van der Waals surface area (Å²) >= 11 is 0. The van der Waals surface area contributed by atoms with Crippen LogP contribution in [0.15, 0.2) is 184 Å². The molecule has 1 aliphatic rings. The number of aliphatic imine (C=N–C) groups is 2. The number of rotatable bonds is 5. The van der Waals surface area contributed by atoms with E-state index in [2.05, 4.69) is 131 Å². The molecule has 2 aromatic heterocycles. The van der Waals surface area contributed by atoms with E-state index in [0.717, 1.165) is 83.1 Å². The maximum atomic E-state index is 6.61. The molecule has 0 saturated carbocycles. The van der Waals surface area contributed by atoms with E-state index >= 15 is 0 Å². The zero-order valence-corrected chi connectivity index (χ0v) is 27.0. The molecule has 1 aliphatic heterocycles. The Kier molecular flexibility index (Phi) is 6.49. The second kappa shape index (κ2) is 11.5. The lowest BCUT2D eigenvalue weighted by Crippen LogP contribution is -2.33. The summed E-state index contributed by atoms with van der Waals surface area (Å²) in [6.45, 7) is 0. The van der Waals surface area contributed by atoms with Gasteiger partial charge in [-0.3, -0.25) is 0 Å². The van der Waals surface area contributed by atoms with Crippen LogP contribution in [0.2, 0.25) is 0 Å². The molecule has 0 spiro atoms.